The fourth-order valence-corrected chi connectivity index (χ4v) is 6.25. The Morgan fingerprint density at radius 1 is 1.19 bits per heavy atom. The van der Waals surface area contributed by atoms with Crippen molar-refractivity contribution in [3.63, 3.8) is 0 Å². The molecule has 10 heteroatoms. The quantitative estimate of drug-likeness (QED) is 0.444. The third kappa shape index (κ3) is 3.59. The molecule has 0 saturated heterocycles. The summed E-state index contributed by atoms with van der Waals surface area (Å²) in [6.45, 7) is 2.52. The Hall–Kier alpha value is -3.11. The molecular weight excluding hydrogens is 451 g/mol. The van der Waals surface area contributed by atoms with Crippen molar-refractivity contribution < 1.29 is 17.6 Å². The number of amides is 1. The summed E-state index contributed by atoms with van der Waals surface area (Å²) in [5, 5.41) is 0.911. The Morgan fingerprint density at radius 3 is 2.78 bits per heavy atom. The first-order chi connectivity index (χ1) is 15.3. The second-order valence-corrected chi connectivity index (χ2v) is 10.6. The maximum Gasteiger partial charge on any atom is 0.245 e. The largest absolute Gasteiger partial charge is 0.335 e. The fraction of sp³-hybridized carbons (Fsp3) is 0.227. The number of carbonyl (C=O) groups excluding carboxylic acids is 1. The number of aromatic nitrogens is 3. The first-order valence-electron chi connectivity index (χ1n) is 9.97. The zero-order valence-corrected chi connectivity index (χ0v) is 18.7. The van der Waals surface area contributed by atoms with Crippen molar-refractivity contribution >= 4 is 38.2 Å². The summed E-state index contributed by atoms with van der Waals surface area (Å²) in [7, 11) is -3.56. The van der Waals surface area contributed by atoms with Crippen molar-refractivity contribution in [1.82, 2.24) is 18.8 Å². The molecule has 0 aliphatic carbocycles. The zero-order valence-electron chi connectivity index (χ0n) is 17.1. The van der Waals surface area contributed by atoms with Gasteiger partial charge in [0.1, 0.15) is 28.9 Å². The van der Waals surface area contributed by atoms with E-state index in [1.54, 1.807) is 59.0 Å². The number of hydrogen-bond acceptors (Lipinski definition) is 6. The van der Waals surface area contributed by atoms with Crippen LogP contribution in [0.5, 0.6) is 0 Å². The van der Waals surface area contributed by atoms with Gasteiger partial charge in [-0.3, -0.25) is 4.79 Å². The van der Waals surface area contributed by atoms with Crippen LogP contribution in [0.15, 0.2) is 59.9 Å². The van der Waals surface area contributed by atoms with Crippen molar-refractivity contribution in [2.45, 2.75) is 36.7 Å². The minimum atomic E-state index is -3.56. The van der Waals surface area contributed by atoms with Gasteiger partial charge in [0.05, 0.1) is 10.4 Å². The van der Waals surface area contributed by atoms with Crippen LogP contribution in [0.1, 0.15) is 29.1 Å². The number of carbonyl (C=O) groups is 1. The molecule has 4 aromatic rings. The molecule has 3 heterocycles. The number of halogens is 1. The highest BCUT2D eigenvalue weighted by Crippen LogP contribution is 2.30. The van der Waals surface area contributed by atoms with Gasteiger partial charge in [0.2, 0.25) is 5.91 Å². The molecule has 1 atom stereocenters. The highest BCUT2D eigenvalue weighted by molar-refractivity contribution is 7.90. The van der Waals surface area contributed by atoms with Crippen molar-refractivity contribution in [3.8, 4) is 0 Å². The van der Waals surface area contributed by atoms with E-state index in [4.69, 9.17) is 0 Å². The van der Waals surface area contributed by atoms with Crippen molar-refractivity contribution in [2.75, 3.05) is 0 Å². The van der Waals surface area contributed by atoms with Crippen LogP contribution in [-0.4, -0.2) is 33.1 Å². The van der Waals surface area contributed by atoms with E-state index >= 15 is 0 Å². The van der Waals surface area contributed by atoms with E-state index in [2.05, 4.69) is 9.36 Å². The summed E-state index contributed by atoms with van der Waals surface area (Å²) >= 11 is 1.06. The number of nitrogens with zero attached hydrogens (tertiary/aromatic N) is 4. The number of sulfone groups is 1. The summed E-state index contributed by atoms with van der Waals surface area (Å²) < 4.78 is 45.2. The lowest BCUT2D eigenvalue weighted by Gasteiger charge is -2.22. The lowest BCUT2D eigenvalue weighted by atomic mass is 10.1. The van der Waals surface area contributed by atoms with E-state index in [0.29, 0.717) is 29.0 Å². The molecule has 0 N–H and O–H groups in total. The Bertz CT molecular complexity index is 1430. The lowest BCUT2D eigenvalue weighted by Crippen LogP contribution is -2.32. The molecule has 1 aliphatic heterocycles. The first-order valence-corrected chi connectivity index (χ1v) is 12.4. The summed E-state index contributed by atoms with van der Waals surface area (Å²) in [5.41, 5.74) is 2.39. The maximum atomic E-state index is 14.0. The van der Waals surface area contributed by atoms with E-state index in [-0.39, 0.29) is 22.4 Å². The smallest absolute Gasteiger partial charge is 0.245 e. The molecule has 0 spiro atoms. The molecular formula is C22H19FN4O3S2. The monoisotopic (exact) mass is 470 g/mol. The van der Waals surface area contributed by atoms with Crippen LogP contribution < -0.4 is 0 Å². The second kappa shape index (κ2) is 7.79. The van der Waals surface area contributed by atoms with Crippen LogP contribution >= 0.6 is 11.5 Å². The van der Waals surface area contributed by atoms with Crippen LogP contribution in [0, 0.1) is 5.82 Å². The third-order valence-corrected chi connectivity index (χ3v) is 8.24. The molecule has 7 nitrogen and oxygen atoms in total. The van der Waals surface area contributed by atoms with Gasteiger partial charge in [-0.15, -0.1) is 0 Å². The van der Waals surface area contributed by atoms with E-state index in [0.717, 1.165) is 22.7 Å². The standard InChI is InChI=1S/C22H19FN4O3S2/c1-14(27-8-7-18-19(23)3-2-4-20(18)27)22(28)26-10-15-5-6-17(9-16(15)11-26)32(29,30)12-21-24-13-25-31-21/h2-9,13-14H,10-12H2,1H3/t14-/m1/s1. The molecule has 32 heavy (non-hydrogen) atoms. The summed E-state index contributed by atoms with van der Waals surface area (Å²) in [5.74, 6) is -0.633. The molecule has 0 saturated carbocycles. The minimum Gasteiger partial charge on any atom is -0.335 e. The van der Waals surface area contributed by atoms with Gasteiger partial charge in [-0.2, -0.15) is 4.37 Å². The normalized spacial score (nSPS) is 14.6. The van der Waals surface area contributed by atoms with Gasteiger partial charge in [0.15, 0.2) is 9.84 Å². The molecule has 1 aliphatic rings. The van der Waals surface area contributed by atoms with Gasteiger partial charge in [0.25, 0.3) is 0 Å². The fourth-order valence-electron chi connectivity index (χ4n) is 4.10. The summed E-state index contributed by atoms with van der Waals surface area (Å²) in [6, 6.07) is 10.9. The van der Waals surface area contributed by atoms with Crippen molar-refractivity contribution in [3.05, 3.63) is 76.9 Å². The van der Waals surface area contributed by atoms with Crippen LogP contribution in [-0.2, 0) is 33.5 Å². The lowest BCUT2D eigenvalue weighted by molar-refractivity contribution is -0.134. The van der Waals surface area contributed by atoms with Gasteiger partial charge in [-0.1, -0.05) is 12.1 Å². The maximum absolute atomic E-state index is 14.0. The average molecular weight is 471 g/mol. The van der Waals surface area contributed by atoms with Gasteiger partial charge in [-0.05, 0) is 59.9 Å². The van der Waals surface area contributed by atoms with Gasteiger partial charge in [-0.25, -0.2) is 17.8 Å². The van der Waals surface area contributed by atoms with Gasteiger partial charge < -0.3 is 9.47 Å². The van der Waals surface area contributed by atoms with Crippen LogP contribution in [0.4, 0.5) is 4.39 Å². The van der Waals surface area contributed by atoms with Gasteiger partial charge in [0, 0.05) is 24.7 Å². The molecule has 0 radical (unpaired) electrons. The van der Waals surface area contributed by atoms with Crippen molar-refractivity contribution in [1.29, 1.82) is 0 Å². The summed E-state index contributed by atoms with van der Waals surface area (Å²) in [6.07, 6.45) is 3.06. The molecule has 164 valence electrons. The molecule has 0 fully saturated rings. The number of benzene rings is 2. The highest BCUT2D eigenvalue weighted by Gasteiger charge is 2.29. The Balaban J connectivity index is 1.36. The molecule has 2 aromatic heterocycles. The average Bonchev–Trinajstić information content (AvgIpc) is 3.51. The number of fused-ring (bicyclic) bond motifs is 2. The SMILES string of the molecule is C[C@H](C(=O)N1Cc2ccc(S(=O)(=O)Cc3ncns3)cc2C1)n1ccc2c(F)cccc21. The molecule has 5 rings (SSSR count). The van der Waals surface area contributed by atoms with Crippen LogP contribution in [0.25, 0.3) is 10.9 Å². The Labute approximate surface area is 188 Å². The zero-order chi connectivity index (χ0) is 22.5. The highest BCUT2D eigenvalue weighted by atomic mass is 32.2. The van der Waals surface area contributed by atoms with Crippen LogP contribution in [0.3, 0.4) is 0 Å². The van der Waals surface area contributed by atoms with Crippen LogP contribution in [0.2, 0.25) is 0 Å². The molecule has 0 bridgehead atoms. The third-order valence-electron chi connectivity index (χ3n) is 5.78. The second-order valence-electron chi connectivity index (χ2n) is 7.79. The number of hydrogen-bond donors (Lipinski definition) is 0. The Morgan fingerprint density at radius 2 is 2.00 bits per heavy atom. The Kier molecular flexibility index (Phi) is 5.06. The predicted octanol–water partition coefficient (Wildman–Crippen LogP) is 3.71. The van der Waals surface area contributed by atoms with E-state index in [1.807, 2.05) is 0 Å². The van der Waals surface area contributed by atoms with Crippen molar-refractivity contribution in [2.24, 2.45) is 0 Å². The molecule has 1 amide bonds. The number of rotatable bonds is 5. The first kappa shape index (κ1) is 20.8. The molecule has 0 unspecified atom stereocenters. The minimum absolute atomic E-state index is 0.110. The predicted molar refractivity (Wildman–Crippen MR) is 118 cm³/mol. The van der Waals surface area contributed by atoms with E-state index < -0.39 is 15.9 Å². The van der Waals surface area contributed by atoms with Gasteiger partial charge >= 0.3 is 0 Å². The van der Waals surface area contributed by atoms with E-state index in [9.17, 15) is 17.6 Å². The molecule has 2 aromatic carbocycles. The topological polar surface area (TPSA) is 85.2 Å². The summed E-state index contributed by atoms with van der Waals surface area (Å²) in [4.78, 5) is 19.1. The van der Waals surface area contributed by atoms with E-state index in [1.165, 1.54) is 12.4 Å².